The summed E-state index contributed by atoms with van der Waals surface area (Å²) in [4.78, 5) is 16.7. The minimum Gasteiger partial charge on any atom is -0.497 e. The number of hydrogen-bond acceptors (Lipinski definition) is 5. The van der Waals surface area contributed by atoms with Gasteiger partial charge < -0.3 is 19.7 Å². The fourth-order valence-corrected chi connectivity index (χ4v) is 3.22. The monoisotopic (exact) mass is 355 g/mol. The number of methoxy groups -OCH3 is 1. The molecule has 3 rings (SSSR count). The number of piperazine rings is 1. The van der Waals surface area contributed by atoms with E-state index in [0.717, 1.165) is 51.4 Å². The maximum Gasteiger partial charge on any atom is 0.260 e. The summed E-state index contributed by atoms with van der Waals surface area (Å²) in [5, 5.41) is 3.37. The highest BCUT2D eigenvalue weighted by atomic mass is 35.5. The Bertz CT molecular complexity index is 520. The highest BCUT2D eigenvalue weighted by Crippen LogP contribution is 2.19. The average Bonchev–Trinajstić information content (AvgIpc) is 3.11. The van der Waals surface area contributed by atoms with Gasteiger partial charge in [-0.1, -0.05) is 0 Å². The van der Waals surface area contributed by atoms with Crippen LogP contribution in [0.2, 0.25) is 0 Å². The summed E-state index contributed by atoms with van der Waals surface area (Å²) in [6.07, 6.45) is 1.06. The molecule has 0 aliphatic carbocycles. The van der Waals surface area contributed by atoms with Gasteiger partial charge in [-0.15, -0.1) is 12.4 Å². The lowest BCUT2D eigenvalue weighted by molar-refractivity contribution is -0.132. The molecule has 1 N–H and O–H groups in total. The van der Waals surface area contributed by atoms with Gasteiger partial charge in [0.15, 0.2) is 6.61 Å². The molecule has 7 heteroatoms. The molecule has 1 aromatic carbocycles. The maximum absolute atomic E-state index is 12.3. The number of ether oxygens (including phenoxy) is 2. The second-order valence-corrected chi connectivity index (χ2v) is 6.03. The Morgan fingerprint density at radius 1 is 1.17 bits per heavy atom. The first-order valence-corrected chi connectivity index (χ1v) is 8.25. The van der Waals surface area contributed by atoms with Crippen molar-refractivity contribution in [2.75, 3.05) is 53.0 Å². The van der Waals surface area contributed by atoms with Gasteiger partial charge >= 0.3 is 0 Å². The van der Waals surface area contributed by atoms with Crippen LogP contribution in [0.25, 0.3) is 0 Å². The Labute approximate surface area is 149 Å². The lowest BCUT2D eigenvalue weighted by Gasteiger charge is -2.32. The van der Waals surface area contributed by atoms with E-state index in [9.17, 15) is 4.79 Å². The molecule has 2 heterocycles. The standard InChI is InChI=1S/C17H25N3O3.ClH/c1-22-15-2-4-16(5-3-15)23-13-17(21)20-9-6-14(12-20)19-10-7-18-8-11-19;/h2-5,14,18H,6-13H2,1H3;1H. The highest BCUT2D eigenvalue weighted by molar-refractivity contribution is 5.85. The average molecular weight is 356 g/mol. The third kappa shape index (κ3) is 4.75. The van der Waals surface area contributed by atoms with E-state index in [1.165, 1.54) is 0 Å². The second-order valence-electron chi connectivity index (χ2n) is 6.03. The largest absolute Gasteiger partial charge is 0.497 e. The Balaban J connectivity index is 0.00000208. The predicted octanol–water partition coefficient (Wildman–Crippen LogP) is 1.00. The zero-order valence-corrected chi connectivity index (χ0v) is 14.9. The van der Waals surface area contributed by atoms with Crippen molar-refractivity contribution >= 4 is 18.3 Å². The van der Waals surface area contributed by atoms with Crippen LogP contribution < -0.4 is 14.8 Å². The van der Waals surface area contributed by atoms with Crippen LogP contribution in [0, 0.1) is 0 Å². The molecular weight excluding hydrogens is 330 g/mol. The Morgan fingerprint density at radius 3 is 2.50 bits per heavy atom. The summed E-state index contributed by atoms with van der Waals surface area (Å²) >= 11 is 0. The van der Waals surface area contributed by atoms with Crippen LogP contribution in [0.1, 0.15) is 6.42 Å². The van der Waals surface area contributed by atoms with Gasteiger partial charge in [-0.2, -0.15) is 0 Å². The minimum absolute atomic E-state index is 0. The summed E-state index contributed by atoms with van der Waals surface area (Å²) in [5.74, 6) is 1.54. The number of rotatable bonds is 5. The van der Waals surface area contributed by atoms with E-state index in [1.54, 1.807) is 7.11 Å². The number of nitrogens with one attached hydrogen (secondary N) is 1. The number of likely N-dealkylation sites (tertiary alicyclic amines) is 1. The summed E-state index contributed by atoms with van der Waals surface area (Å²) in [7, 11) is 1.63. The first-order valence-electron chi connectivity index (χ1n) is 8.25. The van der Waals surface area contributed by atoms with Crippen LogP contribution in [0.5, 0.6) is 11.5 Å². The number of halogens is 1. The molecule has 24 heavy (non-hydrogen) atoms. The zero-order valence-electron chi connectivity index (χ0n) is 14.1. The summed E-state index contributed by atoms with van der Waals surface area (Å²) in [5.41, 5.74) is 0. The molecule has 0 saturated carbocycles. The number of carbonyl (C=O) groups excluding carboxylic acids is 1. The quantitative estimate of drug-likeness (QED) is 0.854. The molecule has 2 saturated heterocycles. The lowest BCUT2D eigenvalue weighted by Crippen LogP contribution is -2.49. The molecule has 1 unspecified atom stereocenters. The summed E-state index contributed by atoms with van der Waals surface area (Å²) < 4.78 is 10.7. The summed E-state index contributed by atoms with van der Waals surface area (Å²) in [6, 6.07) is 7.80. The Hall–Kier alpha value is -1.50. The van der Waals surface area contributed by atoms with Crippen molar-refractivity contribution in [3.8, 4) is 11.5 Å². The highest BCUT2D eigenvalue weighted by Gasteiger charge is 2.30. The maximum atomic E-state index is 12.3. The van der Waals surface area contributed by atoms with E-state index in [1.807, 2.05) is 29.2 Å². The van der Waals surface area contributed by atoms with Gasteiger partial charge in [0.05, 0.1) is 7.11 Å². The second kappa shape index (κ2) is 9.11. The molecule has 1 aromatic rings. The van der Waals surface area contributed by atoms with Crippen LogP contribution >= 0.6 is 12.4 Å². The van der Waals surface area contributed by atoms with Gasteiger partial charge in [0, 0.05) is 45.3 Å². The third-order valence-corrected chi connectivity index (χ3v) is 4.61. The van der Waals surface area contributed by atoms with Gasteiger partial charge in [-0.3, -0.25) is 9.69 Å². The van der Waals surface area contributed by atoms with Crippen molar-refractivity contribution in [3.05, 3.63) is 24.3 Å². The van der Waals surface area contributed by atoms with Gasteiger partial charge in [0.1, 0.15) is 11.5 Å². The number of nitrogens with zero attached hydrogens (tertiary/aromatic N) is 2. The smallest absolute Gasteiger partial charge is 0.260 e. The Morgan fingerprint density at radius 2 is 1.83 bits per heavy atom. The molecule has 0 radical (unpaired) electrons. The van der Waals surface area contributed by atoms with Crippen LogP contribution in [0.4, 0.5) is 0 Å². The van der Waals surface area contributed by atoms with Crippen LogP contribution in [-0.4, -0.2) is 74.7 Å². The topological polar surface area (TPSA) is 54.0 Å². The molecule has 0 aromatic heterocycles. The molecule has 6 nitrogen and oxygen atoms in total. The summed E-state index contributed by atoms with van der Waals surface area (Å²) in [6.45, 7) is 6.00. The van der Waals surface area contributed by atoms with Gasteiger partial charge in [0.25, 0.3) is 5.91 Å². The van der Waals surface area contributed by atoms with E-state index in [0.29, 0.717) is 11.8 Å². The van der Waals surface area contributed by atoms with Crippen LogP contribution in [0.15, 0.2) is 24.3 Å². The van der Waals surface area contributed by atoms with Crippen LogP contribution in [0.3, 0.4) is 0 Å². The zero-order chi connectivity index (χ0) is 16.1. The number of hydrogen-bond donors (Lipinski definition) is 1. The third-order valence-electron chi connectivity index (χ3n) is 4.61. The van der Waals surface area contributed by atoms with Gasteiger partial charge in [-0.05, 0) is 30.7 Å². The molecular formula is C17H26ClN3O3. The van der Waals surface area contributed by atoms with Gasteiger partial charge in [0.2, 0.25) is 0 Å². The van der Waals surface area contributed by atoms with E-state index >= 15 is 0 Å². The van der Waals surface area contributed by atoms with Crippen molar-refractivity contribution < 1.29 is 14.3 Å². The molecule has 2 fully saturated rings. The molecule has 1 amide bonds. The molecule has 0 spiro atoms. The van der Waals surface area contributed by atoms with Crippen molar-refractivity contribution in [3.63, 3.8) is 0 Å². The fourth-order valence-electron chi connectivity index (χ4n) is 3.22. The predicted molar refractivity (Wildman–Crippen MR) is 95.2 cm³/mol. The number of benzene rings is 1. The van der Waals surface area contributed by atoms with Gasteiger partial charge in [-0.25, -0.2) is 0 Å². The lowest BCUT2D eigenvalue weighted by atomic mass is 10.2. The van der Waals surface area contributed by atoms with Crippen LogP contribution in [-0.2, 0) is 4.79 Å². The van der Waals surface area contributed by atoms with E-state index < -0.39 is 0 Å². The SMILES string of the molecule is COc1ccc(OCC(=O)N2CCC(N3CCNCC3)C2)cc1.Cl. The normalized spacial score (nSPS) is 21.2. The fraction of sp³-hybridized carbons (Fsp3) is 0.588. The van der Waals surface area contributed by atoms with Crippen molar-refractivity contribution in [1.82, 2.24) is 15.1 Å². The molecule has 134 valence electrons. The van der Waals surface area contributed by atoms with E-state index in [-0.39, 0.29) is 24.9 Å². The van der Waals surface area contributed by atoms with E-state index in [2.05, 4.69) is 10.2 Å². The number of amides is 1. The van der Waals surface area contributed by atoms with E-state index in [4.69, 9.17) is 9.47 Å². The first-order chi connectivity index (χ1) is 11.3. The number of carbonyl (C=O) groups is 1. The molecule has 0 bridgehead atoms. The first kappa shape index (κ1) is 18.8. The molecule has 2 aliphatic rings. The molecule has 1 atom stereocenters. The Kier molecular flexibility index (Phi) is 7.15. The van der Waals surface area contributed by atoms with Crippen molar-refractivity contribution in [1.29, 1.82) is 0 Å². The van der Waals surface area contributed by atoms with Crippen molar-refractivity contribution in [2.24, 2.45) is 0 Å². The minimum atomic E-state index is 0. The van der Waals surface area contributed by atoms with Crippen molar-refractivity contribution in [2.45, 2.75) is 12.5 Å². The molecule has 2 aliphatic heterocycles.